The molecule has 3 N–H and O–H groups in total. The first-order valence-electron chi connectivity index (χ1n) is 4.87. The summed E-state index contributed by atoms with van der Waals surface area (Å²) in [5.74, 6) is 0. The summed E-state index contributed by atoms with van der Waals surface area (Å²) >= 11 is 3.40. The number of nitrogens with two attached hydrogens (primary N) is 1. The first kappa shape index (κ1) is 10.9. The number of nitrogen functional groups attached to an aromatic ring is 1. The lowest BCUT2D eigenvalue weighted by Crippen LogP contribution is -2.12. The molecule has 0 saturated heterocycles. The molecule has 0 unspecified atom stereocenters. The highest BCUT2D eigenvalue weighted by Gasteiger charge is 2.03. The second-order valence-electron chi connectivity index (χ2n) is 3.28. The Hall–Kier alpha value is -1.56. The largest absolute Gasteiger partial charge is 0.396 e. The van der Waals surface area contributed by atoms with Crippen LogP contribution in [0.1, 0.15) is 0 Å². The lowest BCUT2D eigenvalue weighted by Gasteiger charge is -2.10. The van der Waals surface area contributed by atoms with Crippen molar-refractivity contribution in [1.82, 2.24) is 14.8 Å². The summed E-state index contributed by atoms with van der Waals surface area (Å²) in [4.78, 5) is 3.97. The van der Waals surface area contributed by atoms with E-state index < -0.39 is 0 Å². The third-order valence-corrected chi connectivity index (χ3v) is 2.73. The number of rotatable bonds is 4. The summed E-state index contributed by atoms with van der Waals surface area (Å²) in [5, 5.41) is 7.36. The zero-order chi connectivity index (χ0) is 11.4. The van der Waals surface area contributed by atoms with E-state index in [-0.39, 0.29) is 0 Å². The van der Waals surface area contributed by atoms with Crippen LogP contribution in [0.5, 0.6) is 0 Å². The van der Waals surface area contributed by atoms with E-state index >= 15 is 0 Å². The van der Waals surface area contributed by atoms with E-state index in [1.807, 2.05) is 16.9 Å². The van der Waals surface area contributed by atoms with Crippen LogP contribution in [0.3, 0.4) is 0 Å². The van der Waals surface area contributed by atoms with Gasteiger partial charge in [0, 0.05) is 25.1 Å². The zero-order valence-electron chi connectivity index (χ0n) is 8.60. The van der Waals surface area contributed by atoms with Gasteiger partial charge < -0.3 is 11.1 Å². The second kappa shape index (κ2) is 4.98. The molecular weight excluding hydrogens is 270 g/mol. The average molecular weight is 282 g/mol. The van der Waals surface area contributed by atoms with Gasteiger partial charge in [-0.1, -0.05) is 0 Å². The van der Waals surface area contributed by atoms with Crippen LogP contribution in [0, 0.1) is 0 Å². The van der Waals surface area contributed by atoms with Gasteiger partial charge in [-0.05, 0) is 22.0 Å². The Balaban J connectivity index is 1.95. The highest BCUT2D eigenvalue weighted by molar-refractivity contribution is 9.10. The molecule has 5 nitrogen and oxygen atoms in total. The molecule has 0 radical (unpaired) electrons. The quantitative estimate of drug-likeness (QED) is 0.896. The van der Waals surface area contributed by atoms with E-state index in [0.29, 0.717) is 5.69 Å². The minimum absolute atomic E-state index is 0.634. The summed E-state index contributed by atoms with van der Waals surface area (Å²) in [6, 6.07) is 1.90. The Morgan fingerprint density at radius 3 is 3.00 bits per heavy atom. The Kier molecular flexibility index (Phi) is 3.40. The monoisotopic (exact) mass is 281 g/mol. The first-order chi connectivity index (χ1) is 7.77. The lowest BCUT2D eigenvalue weighted by atomic mass is 10.3. The van der Waals surface area contributed by atoms with Gasteiger partial charge in [0.2, 0.25) is 0 Å². The molecule has 0 atom stereocenters. The molecule has 0 aliphatic carbocycles. The first-order valence-corrected chi connectivity index (χ1v) is 5.67. The van der Waals surface area contributed by atoms with Crippen LogP contribution >= 0.6 is 15.9 Å². The van der Waals surface area contributed by atoms with E-state index in [1.165, 1.54) is 0 Å². The molecule has 84 valence electrons. The third kappa shape index (κ3) is 2.52. The Morgan fingerprint density at radius 1 is 1.44 bits per heavy atom. The average Bonchev–Trinajstić information content (AvgIpc) is 2.75. The fourth-order valence-corrected chi connectivity index (χ4v) is 1.85. The SMILES string of the molecule is Nc1cncc(Br)c1NCCn1cccn1. The van der Waals surface area contributed by atoms with Gasteiger partial charge in [0.15, 0.2) is 0 Å². The van der Waals surface area contributed by atoms with E-state index in [1.54, 1.807) is 18.6 Å². The topological polar surface area (TPSA) is 68.8 Å². The minimum atomic E-state index is 0.634. The Bertz CT molecular complexity index is 434. The van der Waals surface area contributed by atoms with Crippen LogP contribution < -0.4 is 11.1 Å². The Morgan fingerprint density at radius 2 is 2.31 bits per heavy atom. The van der Waals surface area contributed by atoms with Crippen molar-refractivity contribution in [3.63, 3.8) is 0 Å². The second-order valence-corrected chi connectivity index (χ2v) is 4.14. The number of anilines is 2. The maximum Gasteiger partial charge on any atom is 0.0750 e. The molecule has 2 aromatic heterocycles. The van der Waals surface area contributed by atoms with Gasteiger partial charge in [0.25, 0.3) is 0 Å². The number of pyridine rings is 1. The molecule has 0 aromatic carbocycles. The fourth-order valence-electron chi connectivity index (χ4n) is 1.36. The van der Waals surface area contributed by atoms with Gasteiger partial charge in [0.1, 0.15) is 0 Å². The molecule has 0 amide bonds. The third-order valence-electron chi connectivity index (χ3n) is 2.13. The van der Waals surface area contributed by atoms with Gasteiger partial charge >= 0.3 is 0 Å². The number of hydrogen-bond donors (Lipinski definition) is 2. The van der Waals surface area contributed by atoms with Crippen LogP contribution in [-0.4, -0.2) is 21.3 Å². The van der Waals surface area contributed by atoms with Gasteiger partial charge in [-0.15, -0.1) is 0 Å². The van der Waals surface area contributed by atoms with Crippen LogP contribution in [0.2, 0.25) is 0 Å². The summed E-state index contributed by atoms with van der Waals surface area (Å²) in [6.07, 6.45) is 7.02. The Labute approximate surface area is 102 Å². The van der Waals surface area contributed by atoms with Gasteiger partial charge in [-0.25, -0.2) is 0 Å². The number of aromatic nitrogens is 3. The molecule has 2 heterocycles. The molecule has 0 aliphatic heterocycles. The highest BCUT2D eigenvalue weighted by atomic mass is 79.9. The van der Waals surface area contributed by atoms with E-state index in [0.717, 1.165) is 23.2 Å². The van der Waals surface area contributed by atoms with Crippen LogP contribution in [0.25, 0.3) is 0 Å². The van der Waals surface area contributed by atoms with Gasteiger partial charge in [0.05, 0.1) is 28.6 Å². The summed E-state index contributed by atoms with van der Waals surface area (Å²) in [5.41, 5.74) is 7.31. The van der Waals surface area contributed by atoms with Crippen molar-refractivity contribution < 1.29 is 0 Å². The molecule has 2 aromatic rings. The molecule has 0 saturated carbocycles. The number of halogens is 1. The van der Waals surface area contributed by atoms with E-state index in [9.17, 15) is 0 Å². The number of hydrogen-bond acceptors (Lipinski definition) is 4. The number of nitrogens with one attached hydrogen (secondary N) is 1. The molecule has 6 heteroatoms. The predicted octanol–water partition coefficient (Wildman–Crippen LogP) is 1.73. The van der Waals surface area contributed by atoms with Crippen molar-refractivity contribution >= 4 is 27.3 Å². The summed E-state index contributed by atoms with van der Waals surface area (Å²) in [7, 11) is 0. The normalized spacial score (nSPS) is 10.3. The maximum absolute atomic E-state index is 5.80. The molecule has 0 aliphatic rings. The van der Waals surface area contributed by atoms with E-state index in [4.69, 9.17) is 5.73 Å². The summed E-state index contributed by atoms with van der Waals surface area (Å²) in [6.45, 7) is 1.55. The van der Waals surface area contributed by atoms with Crippen molar-refractivity contribution in [3.8, 4) is 0 Å². The van der Waals surface area contributed by atoms with Gasteiger partial charge in [-0.2, -0.15) is 5.10 Å². The highest BCUT2D eigenvalue weighted by Crippen LogP contribution is 2.26. The van der Waals surface area contributed by atoms with Crippen LogP contribution in [-0.2, 0) is 6.54 Å². The molecule has 0 bridgehead atoms. The van der Waals surface area contributed by atoms with Crippen molar-refractivity contribution in [1.29, 1.82) is 0 Å². The van der Waals surface area contributed by atoms with Crippen molar-refractivity contribution in [2.45, 2.75) is 6.54 Å². The van der Waals surface area contributed by atoms with Crippen molar-refractivity contribution in [2.75, 3.05) is 17.6 Å². The van der Waals surface area contributed by atoms with Crippen LogP contribution in [0.4, 0.5) is 11.4 Å². The molecule has 0 fully saturated rings. The van der Waals surface area contributed by atoms with Crippen molar-refractivity contribution in [3.05, 3.63) is 35.3 Å². The molecule has 2 rings (SSSR count). The fraction of sp³-hybridized carbons (Fsp3) is 0.200. The molecule has 16 heavy (non-hydrogen) atoms. The van der Waals surface area contributed by atoms with Gasteiger partial charge in [-0.3, -0.25) is 9.67 Å². The van der Waals surface area contributed by atoms with E-state index in [2.05, 4.69) is 31.3 Å². The smallest absolute Gasteiger partial charge is 0.0750 e. The maximum atomic E-state index is 5.80. The zero-order valence-corrected chi connectivity index (χ0v) is 10.2. The lowest BCUT2D eigenvalue weighted by molar-refractivity contribution is 0.638. The van der Waals surface area contributed by atoms with Crippen LogP contribution in [0.15, 0.2) is 35.3 Å². The predicted molar refractivity (Wildman–Crippen MR) is 67.1 cm³/mol. The van der Waals surface area contributed by atoms with Crippen molar-refractivity contribution in [2.24, 2.45) is 0 Å². The standard InChI is InChI=1S/C10H12BrN5/c11-8-6-13-7-9(12)10(8)14-3-5-16-4-1-2-15-16/h1-2,4,6-7H,3,5,12H2,(H,13,14). The minimum Gasteiger partial charge on any atom is -0.396 e. The molecular formula is C10H12BrN5. The summed E-state index contributed by atoms with van der Waals surface area (Å²) < 4.78 is 2.73. The molecule has 0 spiro atoms. The number of nitrogens with zero attached hydrogens (tertiary/aromatic N) is 3.